The van der Waals surface area contributed by atoms with Crippen LogP contribution in [-0.4, -0.2) is 38.6 Å². The van der Waals surface area contributed by atoms with Crippen LogP contribution in [0.5, 0.6) is 5.75 Å². The monoisotopic (exact) mass is 470 g/mol. The molecule has 5 rings (SSSR count). The first-order valence-electron chi connectivity index (χ1n) is 11.2. The van der Waals surface area contributed by atoms with Crippen molar-refractivity contribution in [2.75, 3.05) is 20.2 Å². The molecule has 0 saturated carbocycles. The lowest BCUT2D eigenvalue weighted by Gasteiger charge is -2.18. The standard InChI is InChI=1S/C28H26N2O3S/c1-20-12-14-24(15-13-20)34(31,32)30-18-22-16-26(21-8-4-3-5-9-21)29-27(17-23(22)19-30)25-10-6-7-11-28(25)33-2/h3-15,17H,16,18-19H2,1-2H3. The van der Waals surface area contributed by atoms with Gasteiger partial charge in [0.25, 0.3) is 0 Å². The molecule has 3 aromatic carbocycles. The van der Waals surface area contributed by atoms with Crippen molar-refractivity contribution in [3.8, 4) is 5.75 Å². The fraction of sp³-hybridized carbons (Fsp3) is 0.179. The zero-order valence-corrected chi connectivity index (χ0v) is 20.0. The molecule has 0 aromatic heterocycles. The summed E-state index contributed by atoms with van der Waals surface area (Å²) in [5.41, 5.74) is 6.69. The first kappa shape index (κ1) is 22.3. The highest BCUT2D eigenvalue weighted by atomic mass is 32.2. The fourth-order valence-electron chi connectivity index (χ4n) is 4.39. The Morgan fingerprint density at radius 2 is 1.59 bits per heavy atom. The van der Waals surface area contributed by atoms with Crippen LogP contribution in [0.25, 0.3) is 5.70 Å². The van der Waals surface area contributed by atoms with E-state index in [-0.39, 0.29) is 0 Å². The highest BCUT2D eigenvalue weighted by molar-refractivity contribution is 7.89. The molecule has 0 amide bonds. The van der Waals surface area contributed by atoms with Crippen LogP contribution in [0.1, 0.15) is 23.1 Å². The molecular weight excluding hydrogens is 444 g/mol. The van der Waals surface area contributed by atoms with Crippen molar-refractivity contribution >= 4 is 21.4 Å². The second-order valence-electron chi connectivity index (χ2n) is 8.55. The molecule has 0 unspecified atom stereocenters. The summed E-state index contributed by atoms with van der Waals surface area (Å²) in [7, 11) is -1.96. The number of aryl methyl sites for hydroxylation is 1. The molecule has 0 aliphatic carbocycles. The summed E-state index contributed by atoms with van der Waals surface area (Å²) in [5, 5.41) is 0. The van der Waals surface area contributed by atoms with E-state index in [1.54, 1.807) is 23.5 Å². The Labute approximate surface area is 200 Å². The summed E-state index contributed by atoms with van der Waals surface area (Å²) in [6, 6.07) is 24.9. The Hall–Kier alpha value is -3.48. The minimum absolute atomic E-state index is 0.321. The van der Waals surface area contributed by atoms with Crippen LogP contribution in [0.15, 0.2) is 106 Å². The van der Waals surface area contributed by atoms with E-state index in [2.05, 4.69) is 0 Å². The maximum Gasteiger partial charge on any atom is 0.243 e. The van der Waals surface area contributed by atoms with E-state index in [9.17, 15) is 8.42 Å². The van der Waals surface area contributed by atoms with Gasteiger partial charge >= 0.3 is 0 Å². The van der Waals surface area contributed by atoms with Crippen molar-refractivity contribution in [3.63, 3.8) is 0 Å². The molecule has 3 aromatic rings. The van der Waals surface area contributed by atoms with Gasteiger partial charge in [0.05, 0.1) is 23.4 Å². The Kier molecular flexibility index (Phi) is 5.94. The lowest BCUT2D eigenvalue weighted by molar-refractivity contribution is 0.413. The molecule has 0 spiro atoms. The molecule has 2 aliphatic heterocycles. The van der Waals surface area contributed by atoms with Gasteiger partial charge in [0, 0.05) is 25.1 Å². The van der Waals surface area contributed by atoms with Gasteiger partial charge in [-0.1, -0.05) is 60.2 Å². The molecule has 172 valence electrons. The highest BCUT2D eigenvalue weighted by Crippen LogP contribution is 2.36. The first-order chi connectivity index (χ1) is 16.5. The average molecular weight is 471 g/mol. The number of aliphatic imine (C=N–C) groups is 1. The number of nitrogens with zero attached hydrogens (tertiary/aromatic N) is 2. The van der Waals surface area contributed by atoms with Crippen LogP contribution >= 0.6 is 0 Å². The van der Waals surface area contributed by atoms with E-state index in [1.165, 1.54) is 0 Å². The summed E-state index contributed by atoms with van der Waals surface area (Å²) in [5.74, 6) is 0.732. The van der Waals surface area contributed by atoms with Crippen LogP contribution < -0.4 is 4.74 Å². The van der Waals surface area contributed by atoms with Crippen LogP contribution in [-0.2, 0) is 10.0 Å². The Balaban J connectivity index is 1.56. The van der Waals surface area contributed by atoms with Gasteiger partial charge in [0.2, 0.25) is 10.0 Å². The molecule has 2 aliphatic rings. The summed E-state index contributed by atoms with van der Waals surface area (Å²) in [6.45, 7) is 2.62. The Bertz CT molecular complexity index is 1420. The van der Waals surface area contributed by atoms with Gasteiger partial charge in [0.15, 0.2) is 0 Å². The topological polar surface area (TPSA) is 59.0 Å². The van der Waals surface area contributed by atoms with Gasteiger partial charge < -0.3 is 4.74 Å². The minimum Gasteiger partial charge on any atom is -0.496 e. The summed E-state index contributed by atoms with van der Waals surface area (Å²) >= 11 is 0. The van der Waals surface area contributed by atoms with E-state index in [0.29, 0.717) is 24.4 Å². The van der Waals surface area contributed by atoms with E-state index in [4.69, 9.17) is 9.73 Å². The quantitative estimate of drug-likeness (QED) is 0.513. The number of methoxy groups -OCH3 is 1. The van der Waals surface area contributed by atoms with Crippen molar-refractivity contribution in [3.05, 3.63) is 113 Å². The minimum atomic E-state index is -3.60. The second-order valence-corrected chi connectivity index (χ2v) is 10.5. The lowest BCUT2D eigenvalue weighted by Crippen LogP contribution is -2.30. The molecule has 0 atom stereocenters. The summed E-state index contributed by atoms with van der Waals surface area (Å²) in [4.78, 5) is 5.37. The Morgan fingerprint density at radius 1 is 0.882 bits per heavy atom. The molecule has 0 saturated heterocycles. The van der Waals surface area contributed by atoms with Crippen LogP contribution in [0.3, 0.4) is 0 Å². The number of hydrogen-bond acceptors (Lipinski definition) is 4. The molecule has 0 radical (unpaired) electrons. The van der Waals surface area contributed by atoms with Crippen LogP contribution in [0.2, 0.25) is 0 Å². The highest BCUT2D eigenvalue weighted by Gasteiger charge is 2.33. The fourth-order valence-corrected chi connectivity index (χ4v) is 5.81. The first-order valence-corrected chi connectivity index (χ1v) is 12.7. The van der Waals surface area contributed by atoms with Gasteiger partial charge in [-0.3, -0.25) is 4.99 Å². The maximum absolute atomic E-state index is 13.4. The van der Waals surface area contributed by atoms with Crippen LogP contribution in [0, 0.1) is 6.92 Å². The third kappa shape index (κ3) is 4.22. The molecule has 5 nitrogen and oxygen atoms in total. The smallest absolute Gasteiger partial charge is 0.243 e. The Morgan fingerprint density at radius 3 is 2.32 bits per heavy atom. The normalized spacial score (nSPS) is 16.5. The number of rotatable bonds is 5. The number of benzene rings is 3. The number of sulfonamides is 1. The number of hydrogen-bond donors (Lipinski definition) is 0. The van der Waals surface area contributed by atoms with Gasteiger partial charge in [-0.05, 0) is 54.0 Å². The van der Waals surface area contributed by atoms with Crippen LogP contribution in [0.4, 0.5) is 0 Å². The molecule has 34 heavy (non-hydrogen) atoms. The second kappa shape index (κ2) is 9.05. The molecule has 0 fully saturated rings. The van der Waals surface area contributed by atoms with E-state index in [0.717, 1.165) is 45.0 Å². The van der Waals surface area contributed by atoms with Crippen molar-refractivity contribution in [1.82, 2.24) is 4.31 Å². The largest absolute Gasteiger partial charge is 0.496 e. The number of ether oxygens (including phenoxy) is 1. The van der Waals surface area contributed by atoms with Crippen molar-refractivity contribution in [1.29, 1.82) is 0 Å². The van der Waals surface area contributed by atoms with Gasteiger partial charge in [-0.15, -0.1) is 0 Å². The summed E-state index contributed by atoms with van der Waals surface area (Å²) < 4.78 is 34.0. The average Bonchev–Trinajstić information content (AvgIpc) is 3.18. The molecule has 6 heteroatoms. The van der Waals surface area contributed by atoms with Crippen molar-refractivity contribution in [2.24, 2.45) is 4.99 Å². The van der Waals surface area contributed by atoms with E-state index < -0.39 is 10.0 Å². The molecule has 0 N–H and O–H groups in total. The predicted molar refractivity (Wildman–Crippen MR) is 136 cm³/mol. The van der Waals surface area contributed by atoms with Gasteiger partial charge in [0.1, 0.15) is 5.75 Å². The van der Waals surface area contributed by atoms with Crippen molar-refractivity contribution in [2.45, 2.75) is 18.2 Å². The summed E-state index contributed by atoms with van der Waals surface area (Å²) in [6.07, 6.45) is 2.61. The number of para-hydroxylation sites is 1. The zero-order chi connectivity index (χ0) is 23.7. The SMILES string of the molecule is COc1ccccc1C1=CC2=C(CC(c3ccccc3)=N1)CN(S(=O)(=O)c1ccc(C)cc1)C2. The van der Waals surface area contributed by atoms with Crippen molar-refractivity contribution < 1.29 is 13.2 Å². The van der Waals surface area contributed by atoms with E-state index in [1.807, 2.05) is 79.7 Å². The molecule has 0 bridgehead atoms. The zero-order valence-electron chi connectivity index (χ0n) is 19.2. The molecular formula is C28H26N2O3S. The third-order valence-corrected chi connectivity index (χ3v) is 8.07. The van der Waals surface area contributed by atoms with E-state index >= 15 is 0 Å². The maximum atomic E-state index is 13.4. The molecule has 2 heterocycles. The predicted octanol–water partition coefficient (Wildman–Crippen LogP) is 5.24. The lowest BCUT2D eigenvalue weighted by atomic mass is 10.0. The van der Waals surface area contributed by atoms with Gasteiger partial charge in [-0.25, -0.2) is 8.42 Å². The third-order valence-electron chi connectivity index (χ3n) is 6.26. The van der Waals surface area contributed by atoms with Gasteiger partial charge in [-0.2, -0.15) is 4.31 Å².